The van der Waals surface area contributed by atoms with E-state index in [0.29, 0.717) is 22.9 Å². The van der Waals surface area contributed by atoms with Gasteiger partial charge >= 0.3 is 294 Å². The molecule has 2 aliphatic rings. The maximum absolute atomic E-state index is 9.10. The van der Waals surface area contributed by atoms with E-state index in [1.165, 1.54) is 43.2 Å². The normalized spacial score (nSPS) is 13.7. The molecule has 0 fully saturated rings. The van der Waals surface area contributed by atoms with Gasteiger partial charge in [-0.1, -0.05) is 117 Å². The standard InChI is InChI=1S/C78H56N4OS.Pt/c1-50-43-75(79-48-64(50)53-37-39-54(40-38-53)77(2,3)4)82-71-45-57(41-42-61(71)63-46-62-60-27-11-12-30-65(60)78(68(62)47-72(63)82)66-31-13-17-35-73(66)84-74-36-18-14-32-67(74)78)83-56-26-19-25-55(44-56)80-49-81(70-34-16-15-33-69(70)80)76-58(51-21-7-5-8-22-51)28-20-29-59(76)52-23-9-6-10-24-52;/h5-48H,1-4H3;/i1D3;. The van der Waals surface area contributed by atoms with E-state index in [1.54, 1.807) is 12.3 Å². The minimum Gasteiger partial charge on any atom is -0.0894 e. The number of aryl methyl sites for hydroxylation is 1. The number of imidazole rings is 1. The number of hydrogen-bond acceptors (Lipinski definition) is 3. The molecule has 0 N–H and O–H groups in total. The first-order valence-electron chi connectivity index (χ1n) is 30.2. The summed E-state index contributed by atoms with van der Waals surface area (Å²) in [6.07, 6.45) is 1.75. The van der Waals surface area contributed by atoms with Crippen molar-refractivity contribution in [3.8, 4) is 73.2 Å². The van der Waals surface area contributed by atoms with Crippen molar-refractivity contribution in [3.63, 3.8) is 0 Å². The second-order valence-corrected chi connectivity index (χ2v) is 25.3. The SMILES string of the molecule is [2H]C([2H])([2H])c1cc(-n2c3cc(Oc4cccc(-n5[c](=[Pt])n(-c6c(-c7ccccc7)cccc6-c6ccccc6)c6ccccc65)c4)ccc3c3cc4c(cc32)C2(c3ccccc3Sc3ccccc32)c2ccccc2-4)ncc1-c1ccc(C(C)(C)C)cc1. The maximum atomic E-state index is 9.10. The molecule has 4 heterocycles. The Balaban J connectivity index is 0.887. The van der Waals surface area contributed by atoms with Crippen molar-refractivity contribution >= 4 is 44.6 Å². The quantitative estimate of drug-likeness (QED) is 0.152. The van der Waals surface area contributed by atoms with Crippen LogP contribution in [-0.4, -0.2) is 18.7 Å². The first-order chi connectivity index (χ1) is 42.8. The van der Waals surface area contributed by atoms with Crippen molar-refractivity contribution in [2.24, 2.45) is 0 Å². The Kier molecular flexibility index (Phi) is 11.3. The van der Waals surface area contributed by atoms with E-state index >= 15 is 0 Å². The van der Waals surface area contributed by atoms with Crippen molar-refractivity contribution in [2.45, 2.75) is 48.2 Å². The van der Waals surface area contributed by atoms with E-state index in [9.17, 15) is 0 Å². The Bertz CT molecular complexity index is 5110. The zero-order chi connectivity index (χ0) is 59.6. The Labute approximate surface area is 513 Å². The predicted molar refractivity (Wildman–Crippen MR) is 346 cm³/mol. The van der Waals surface area contributed by atoms with E-state index < -0.39 is 12.3 Å². The van der Waals surface area contributed by atoms with E-state index in [4.69, 9.17) is 13.8 Å². The number of ether oxygens (including phenoxy) is 1. The molecule has 0 saturated carbocycles. The summed E-state index contributed by atoms with van der Waals surface area (Å²) >= 11 is 4.31. The third-order valence-electron chi connectivity index (χ3n) is 17.3. The van der Waals surface area contributed by atoms with Gasteiger partial charge in [-0.3, -0.25) is 0 Å². The monoisotopic (exact) mass is 1290 g/mol. The van der Waals surface area contributed by atoms with Crippen molar-refractivity contribution in [1.29, 1.82) is 0 Å². The summed E-state index contributed by atoms with van der Waals surface area (Å²) in [6, 6.07) is 92.3. The number of aromatic nitrogens is 4. The van der Waals surface area contributed by atoms with Gasteiger partial charge < -0.3 is 0 Å². The summed E-state index contributed by atoms with van der Waals surface area (Å²) < 4.78 is 42.2. The summed E-state index contributed by atoms with van der Waals surface area (Å²) in [5, 5.41) is 2.01. The van der Waals surface area contributed by atoms with Crippen LogP contribution in [0.4, 0.5) is 0 Å². The van der Waals surface area contributed by atoms with Crippen LogP contribution in [0.25, 0.3) is 94.5 Å². The van der Waals surface area contributed by atoms with Gasteiger partial charge in [-0.25, -0.2) is 0 Å². The molecular weight excluding hydrogens is 1240 g/mol. The molecule has 3 aromatic heterocycles. The fourth-order valence-corrected chi connectivity index (χ4v) is 15.8. The Morgan fingerprint density at radius 3 is 1.71 bits per heavy atom. The van der Waals surface area contributed by atoms with Crippen LogP contribution < -0.4 is 4.74 Å². The Morgan fingerprint density at radius 2 is 1.02 bits per heavy atom. The zero-order valence-electron chi connectivity index (χ0n) is 49.8. The average molecular weight is 1300 g/mol. The second kappa shape index (κ2) is 19.9. The summed E-state index contributed by atoms with van der Waals surface area (Å²) in [5.41, 5.74) is 19.7. The van der Waals surface area contributed by atoms with E-state index in [1.807, 2.05) is 36.0 Å². The second-order valence-electron chi connectivity index (χ2n) is 23.2. The van der Waals surface area contributed by atoms with Crippen LogP contribution in [0.15, 0.2) is 277 Å². The molecule has 85 heavy (non-hydrogen) atoms. The molecule has 410 valence electrons. The van der Waals surface area contributed by atoms with Crippen molar-refractivity contribution in [1.82, 2.24) is 18.7 Å². The fraction of sp³-hybridized carbons (Fsp3) is 0.0769. The molecule has 0 unspecified atom stereocenters. The van der Waals surface area contributed by atoms with Gasteiger partial charge in [0.05, 0.1) is 5.41 Å². The van der Waals surface area contributed by atoms with Crippen LogP contribution in [0.5, 0.6) is 11.5 Å². The van der Waals surface area contributed by atoms with Crippen LogP contribution in [-0.2, 0) is 30.2 Å². The summed E-state index contributed by atoms with van der Waals surface area (Å²) in [7, 11) is 0. The smallest absolute Gasteiger partial charge is 0.0894 e. The van der Waals surface area contributed by atoms with Crippen LogP contribution in [0.1, 0.15) is 58.3 Å². The number of para-hydroxylation sites is 3. The molecule has 14 aromatic rings. The molecule has 0 atom stereocenters. The molecular formula is C78H56N4OPtS. The topological polar surface area (TPSA) is 36.9 Å². The van der Waals surface area contributed by atoms with Crippen molar-refractivity contribution in [2.75, 3.05) is 0 Å². The Morgan fingerprint density at radius 1 is 0.447 bits per heavy atom. The molecule has 11 aromatic carbocycles. The number of pyridine rings is 1. The molecule has 1 spiro atoms. The molecule has 0 bridgehead atoms. The molecule has 16 rings (SSSR count). The van der Waals surface area contributed by atoms with Crippen LogP contribution in [0, 0.1) is 10.7 Å². The number of benzene rings is 11. The third-order valence-corrected chi connectivity index (χ3v) is 19.5. The van der Waals surface area contributed by atoms with Crippen molar-refractivity contribution < 1.29 is 28.2 Å². The van der Waals surface area contributed by atoms with Crippen molar-refractivity contribution in [3.05, 3.63) is 304 Å². The number of hydrogen-bond donors (Lipinski definition) is 0. The third kappa shape index (κ3) is 8.10. The minimum absolute atomic E-state index is 0.0698. The Hall–Kier alpha value is -9.32. The van der Waals surface area contributed by atoms with Gasteiger partial charge in [0.15, 0.2) is 0 Å². The molecule has 7 heteroatoms. The van der Waals surface area contributed by atoms with Gasteiger partial charge in [-0.2, -0.15) is 0 Å². The van der Waals surface area contributed by atoms with Crippen LogP contribution >= 0.6 is 11.8 Å². The van der Waals surface area contributed by atoms with Gasteiger partial charge in [0.25, 0.3) is 0 Å². The van der Waals surface area contributed by atoms with Gasteiger partial charge in [0, 0.05) is 25.7 Å². The van der Waals surface area contributed by atoms with Gasteiger partial charge in [0.2, 0.25) is 0 Å². The van der Waals surface area contributed by atoms with E-state index in [2.05, 4.69) is 284 Å². The molecule has 0 amide bonds. The van der Waals surface area contributed by atoms with Gasteiger partial charge in [0.1, 0.15) is 0 Å². The van der Waals surface area contributed by atoms with Gasteiger partial charge in [-0.15, -0.1) is 0 Å². The zero-order valence-corrected chi connectivity index (χ0v) is 49.9. The van der Waals surface area contributed by atoms with E-state index in [0.717, 1.165) is 81.4 Å². The number of rotatable bonds is 8. The molecule has 1 aliphatic carbocycles. The number of nitrogens with zero attached hydrogens (tertiary/aromatic N) is 4. The molecule has 0 radical (unpaired) electrons. The summed E-state index contributed by atoms with van der Waals surface area (Å²) in [6.45, 7) is 4.08. The number of fused-ring (bicyclic) bond motifs is 13. The van der Waals surface area contributed by atoms with E-state index in [-0.39, 0.29) is 11.0 Å². The fourth-order valence-electron chi connectivity index (χ4n) is 13.5. The molecule has 1 aliphatic heterocycles. The summed E-state index contributed by atoms with van der Waals surface area (Å²) in [5.74, 6) is 1.77. The van der Waals surface area contributed by atoms with Crippen LogP contribution in [0.3, 0.4) is 0 Å². The first-order valence-corrected chi connectivity index (χ1v) is 30.7. The molecule has 0 saturated heterocycles. The average Bonchev–Trinajstić information content (AvgIpc) is 1.55. The van der Waals surface area contributed by atoms with Crippen LogP contribution in [0.2, 0.25) is 0 Å². The minimum atomic E-state index is -2.47. The summed E-state index contributed by atoms with van der Waals surface area (Å²) in [4.78, 5) is 7.71. The predicted octanol–water partition coefficient (Wildman–Crippen LogP) is 20.2. The first kappa shape index (κ1) is 48.1. The van der Waals surface area contributed by atoms with Gasteiger partial charge in [-0.05, 0) is 74.5 Å². The molecule has 5 nitrogen and oxygen atoms in total.